The Labute approximate surface area is 141 Å². The van der Waals surface area contributed by atoms with Crippen LogP contribution in [0.5, 0.6) is 0 Å². The third-order valence-corrected chi connectivity index (χ3v) is 3.22. The van der Waals surface area contributed by atoms with Crippen LogP contribution in [0.2, 0.25) is 0 Å². The minimum atomic E-state index is -1.50. The number of carboxylic acid groups (broad SMARTS) is 1. The molecule has 24 heavy (non-hydrogen) atoms. The molecule has 0 aromatic carbocycles. The molecule has 8 heteroatoms. The maximum absolute atomic E-state index is 11.6. The van der Waals surface area contributed by atoms with Gasteiger partial charge in [-0.1, -0.05) is 27.7 Å². The lowest BCUT2D eigenvalue weighted by Gasteiger charge is -2.24. The average molecular weight is 348 g/mol. The van der Waals surface area contributed by atoms with Gasteiger partial charge in [0, 0.05) is 6.42 Å². The van der Waals surface area contributed by atoms with E-state index in [1.54, 1.807) is 27.7 Å². The Morgan fingerprint density at radius 3 is 1.62 bits per heavy atom. The van der Waals surface area contributed by atoms with Gasteiger partial charge in [-0.25, -0.2) is 0 Å². The predicted molar refractivity (Wildman–Crippen MR) is 83.8 cm³/mol. The predicted octanol–water partition coefficient (Wildman–Crippen LogP) is 1.08. The van der Waals surface area contributed by atoms with E-state index in [4.69, 9.17) is 24.8 Å². The molecule has 0 bridgehead atoms. The van der Waals surface area contributed by atoms with Crippen LogP contribution in [0.15, 0.2) is 0 Å². The molecule has 8 nitrogen and oxygen atoms in total. The number of hydrogen-bond acceptors (Lipinski definition) is 7. The molecule has 0 fully saturated rings. The van der Waals surface area contributed by atoms with E-state index in [0.29, 0.717) is 0 Å². The van der Waals surface area contributed by atoms with E-state index in [2.05, 4.69) is 0 Å². The van der Waals surface area contributed by atoms with Gasteiger partial charge in [-0.05, 0) is 10.8 Å². The molecule has 0 atom stereocenters. The van der Waals surface area contributed by atoms with Crippen LogP contribution in [0.4, 0.5) is 0 Å². The third-order valence-electron chi connectivity index (χ3n) is 3.22. The summed E-state index contributed by atoms with van der Waals surface area (Å²) in [4.78, 5) is 33.9. The van der Waals surface area contributed by atoms with Gasteiger partial charge in [0.05, 0.1) is 19.3 Å². The zero-order valence-electron chi connectivity index (χ0n) is 14.7. The summed E-state index contributed by atoms with van der Waals surface area (Å²) < 4.78 is 9.85. The van der Waals surface area contributed by atoms with Crippen molar-refractivity contribution in [1.82, 2.24) is 0 Å². The van der Waals surface area contributed by atoms with Gasteiger partial charge in [0.25, 0.3) is 0 Å². The molecule has 0 saturated carbocycles. The molecule has 0 saturated heterocycles. The van der Waals surface area contributed by atoms with Crippen molar-refractivity contribution in [2.45, 2.75) is 59.7 Å². The van der Waals surface area contributed by atoms with Crippen LogP contribution in [-0.2, 0) is 23.9 Å². The van der Waals surface area contributed by atoms with Crippen molar-refractivity contribution in [1.29, 1.82) is 0 Å². The van der Waals surface area contributed by atoms with Crippen molar-refractivity contribution < 1.29 is 39.2 Å². The highest BCUT2D eigenvalue weighted by molar-refractivity contribution is 5.73. The first-order chi connectivity index (χ1) is 10.8. The Hall–Kier alpha value is -1.67. The Balaban J connectivity index is 4.02. The van der Waals surface area contributed by atoms with Gasteiger partial charge in [-0.15, -0.1) is 0 Å². The topological polar surface area (TPSA) is 130 Å². The van der Waals surface area contributed by atoms with Crippen molar-refractivity contribution in [3.63, 3.8) is 0 Å². The van der Waals surface area contributed by atoms with Crippen LogP contribution in [0, 0.1) is 10.8 Å². The maximum Gasteiger partial charge on any atom is 0.306 e. The Morgan fingerprint density at radius 2 is 1.25 bits per heavy atom. The highest BCUT2D eigenvalue weighted by Crippen LogP contribution is 2.27. The lowest BCUT2D eigenvalue weighted by Crippen LogP contribution is -2.26. The molecule has 0 rings (SSSR count). The van der Waals surface area contributed by atoms with Crippen molar-refractivity contribution in [2.24, 2.45) is 10.8 Å². The third kappa shape index (κ3) is 11.8. The van der Waals surface area contributed by atoms with Gasteiger partial charge in [-0.3, -0.25) is 14.4 Å². The largest absolute Gasteiger partial charge is 0.481 e. The number of carbonyl (C=O) groups is 3. The maximum atomic E-state index is 11.6. The molecule has 3 N–H and O–H groups in total. The average Bonchev–Trinajstić information content (AvgIpc) is 2.29. The van der Waals surface area contributed by atoms with Gasteiger partial charge in [0.1, 0.15) is 13.2 Å². The lowest BCUT2D eigenvalue weighted by atomic mass is 9.85. The summed E-state index contributed by atoms with van der Waals surface area (Å²) >= 11 is 0. The Bertz CT molecular complexity index is 439. The minimum absolute atomic E-state index is 0.00418. The zero-order valence-corrected chi connectivity index (χ0v) is 14.7. The summed E-state index contributed by atoms with van der Waals surface area (Å²) in [6, 6.07) is 0. The van der Waals surface area contributed by atoms with Crippen LogP contribution >= 0.6 is 0 Å². The van der Waals surface area contributed by atoms with Crippen molar-refractivity contribution in [3.8, 4) is 0 Å². The number of carboxylic acids is 1. The number of aliphatic hydroxyl groups excluding tert-OH is 1. The quantitative estimate of drug-likeness (QED) is 0.287. The number of esters is 2. The zero-order chi connectivity index (χ0) is 19.0. The summed E-state index contributed by atoms with van der Waals surface area (Å²) in [5.41, 5.74) is -1.34. The molecule has 0 aliphatic carbocycles. The van der Waals surface area contributed by atoms with Crippen LogP contribution in [0.1, 0.15) is 53.4 Å². The Kier molecular flexibility index (Phi) is 8.92. The second-order valence-electron chi connectivity index (χ2n) is 7.38. The number of hydrogen-bond donors (Lipinski definition) is 3. The molecule has 0 unspecified atom stereocenters. The fourth-order valence-electron chi connectivity index (χ4n) is 2.23. The van der Waals surface area contributed by atoms with E-state index in [1.165, 1.54) is 0 Å². The molecule has 0 aliphatic heterocycles. The standard InChI is InChI=1S/C16H28O8/c1-15(2,7-11(17)18)9-13(21)23-5-6-24-14(22)10-16(3,4)8-12(19)20/h11,17-18H,5-10H2,1-4H3,(H,19,20). The fraction of sp³-hybridized carbons (Fsp3) is 0.812. The van der Waals surface area contributed by atoms with Gasteiger partial charge >= 0.3 is 17.9 Å². The van der Waals surface area contributed by atoms with Crippen LogP contribution in [-0.4, -0.2) is 52.7 Å². The minimum Gasteiger partial charge on any atom is -0.481 e. The first-order valence-corrected chi connectivity index (χ1v) is 7.72. The molecule has 0 aliphatic rings. The lowest BCUT2D eigenvalue weighted by molar-refractivity contribution is -0.156. The van der Waals surface area contributed by atoms with Gasteiger partial charge in [-0.2, -0.15) is 0 Å². The van der Waals surface area contributed by atoms with Gasteiger partial charge < -0.3 is 24.8 Å². The van der Waals surface area contributed by atoms with Crippen LogP contribution in [0.25, 0.3) is 0 Å². The molecule has 0 spiro atoms. The molecule has 0 aromatic heterocycles. The number of aliphatic hydroxyl groups is 2. The highest BCUT2D eigenvalue weighted by Gasteiger charge is 2.27. The van der Waals surface area contributed by atoms with Gasteiger partial charge in [0.2, 0.25) is 0 Å². The van der Waals surface area contributed by atoms with E-state index in [9.17, 15) is 14.4 Å². The molecule has 0 aromatic rings. The molecule has 140 valence electrons. The molecular weight excluding hydrogens is 320 g/mol. The van der Waals surface area contributed by atoms with E-state index in [-0.39, 0.29) is 38.9 Å². The summed E-state index contributed by atoms with van der Waals surface area (Å²) in [6.45, 7) is 6.50. The van der Waals surface area contributed by atoms with Crippen LogP contribution in [0.3, 0.4) is 0 Å². The molecular formula is C16H28O8. The summed E-state index contributed by atoms with van der Waals surface area (Å²) in [6.07, 6.45) is -1.65. The smallest absolute Gasteiger partial charge is 0.306 e. The fourth-order valence-corrected chi connectivity index (χ4v) is 2.23. The van der Waals surface area contributed by atoms with Gasteiger partial charge in [0.15, 0.2) is 6.29 Å². The highest BCUT2D eigenvalue weighted by atomic mass is 16.6. The van der Waals surface area contributed by atoms with Crippen LogP contribution < -0.4 is 0 Å². The first kappa shape index (κ1) is 22.3. The monoisotopic (exact) mass is 348 g/mol. The summed E-state index contributed by atoms with van der Waals surface area (Å²) in [5.74, 6) is -2.07. The van der Waals surface area contributed by atoms with Crippen molar-refractivity contribution >= 4 is 17.9 Å². The van der Waals surface area contributed by atoms with E-state index in [1.807, 2.05) is 0 Å². The number of ether oxygens (including phenoxy) is 2. The normalized spacial score (nSPS) is 12.1. The van der Waals surface area contributed by atoms with E-state index >= 15 is 0 Å². The first-order valence-electron chi connectivity index (χ1n) is 7.72. The second-order valence-corrected chi connectivity index (χ2v) is 7.38. The summed E-state index contributed by atoms with van der Waals surface area (Å²) in [5, 5.41) is 26.6. The number of carbonyl (C=O) groups excluding carboxylic acids is 2. The van der Waals surface area contributed by atoms with E-state index < -0.39 is 35.0 Å². The number of aliphatic carboxylic acids is 1. The van der Waals surface area contributed by atoms with Crippen molar-refractivity contribution in [2.75, 3.05) is 13.2 Å². The molecule has 0 radical (unpaired) electrons. The summed E-state index contributed by atoms with van der Waals surface area (Å²) in [7, 11) is 0. The van der Waals surface area contributed by atoms with E-state index in [0.717, 1.165) is 0 Å². The Morgan fingerprint density at radius 1 is 0.833 bits per heavy atom. The number of rotatable bonds is 11. The van der Waals surface area contributed by atoms with Crippen molar-refractivity contribution in [3.05, 3.63) is 0 Å². The second kappa shape index (κ2) is 9.58. The SMILES string of the molecule is CC(C)(CC(=O)O)CC(=O)OCCOC(=O)CC(C)(C)CC(O)O. The molecule has 0 amide bonds. The molecule has 0 heterocycles.